The van der Waals surface area contributed by atoms with E-state index in [1.54, 1.807) is 0 Å². The number of alkyl halides is 2. The molecule has 1 rings (SSSR count). The molecule has 0 atom stereocenters. The molecule has 0 bridgehead atoms. The summed E-state index contributed by atoms with van der Waals surface area (Å²) >= 11 is 0. The SMILES string of the molecule is Cc1cc([N+](=O)[O-])c(C)nc1OC(F)F. The fraction of sp³-hybridized carbons (Fsp3) is 0.375. The number of nitro groups is 1. The second-order valence-electron chi connectivity index (χ2n) is 2.85. The number of halogens is 2. The number of nitrogens with zero attached hydrogens (tertiary/aromatic N) is 2. The third-order valence-corrected chi connectivity index (χ3v) is 1.73. The Kier molecular flexibility index (Phi) is 3.13. The van der Waals surface area contributed by atoms with Crippen molar-refractivity contribution in [3.8, 4) is 5.88 Å². The molecule has 0 aliphatic rings. The van der Waals surface area contributed by atoms with E-state index in [2.05, 4.69) is 9.72 Å². The normalized spacial score (nSPS) is 10.5. The van der Waals surface area contributed by atoms with Gasteiger partial charge in [0, 0.05) is 11.6 Å². The molecular formula is C8H8F2N2O3. The minimum absolute atomic E-state index is 0.0428. The van der Waals surface area contributed by atoms with Crippen LogP contribution in [0.3, 0.4) is 0 Å². The average Bonchev–Trinajstić information content (AvgIpc) is 2.09. The van der Waals surface area contributed by atoms with Gasteiger partial charge in [-0.1, -0.05) is 0 Å². The molecule has 0 amide bonds. The molecule has 1 aromatic heterocycles. The van der Waals surface area contributed by atoms with Gasteiger partial charge in [0.2, 0.25) is 5.88 Å². The van der Waals surface area contributed by atoms with Crippen LogP contribution in [0.4, 0.5) is 14.5 Å². The molecule has 15 heavy (non-hydrogen) atoms. The van der Waals surface area contributed by atoms with E-state index in [0.29, 0.717) is 0 Å². The highest BCUT2D eigenvalue weighted by Crippen LogP contribution is 2.24. The molecule has 0 aliphatic heterocycles. The quantitative estimate of drug-likeness (QED) is 0.576. The van der Waals surface area contributed by atoms with Gasteiger partial charge in [0.15, 0.2) is 0 Å². The van der Waals surface area contributed by atoms with Crippen molar-refractivity contribution in [2.24, 2.45) is 0 Å². The molecule has 0 fully saturated rings. The Bertz CT molecular complexity index is 396. The summed E-state index contributed by atoms with van der Waals surface area (Å²) in [5.74, 6) is -0.284. The van der Waals surface area contributed by atoms with Gasteiger partial charge in [-0.05, 0) is 13.8 Å². The minimum Gasteiger partial charge on any atom is -0.417 e. The summed E-state index contributed by atoms with van der Waals surface area (Å²) in [4.78, 5) is 13.5. The Morgan fingerprint density at radius 3 is 2.60 bits per heavy atom. The van der Waals surface area contributed by atoms with Crippen molar-refractivity contribution in [3.05, 3.63) is 27.4 Å². The smallest absolute Gasteiger partial charge is 0.388 e. The monoisotopic (exact) mass is 218 g/mol. The Hall–Kier alpha value is -1.79. The summed E-state index contributed by atoms with van der Waals surface area (Å²) in [5.41, 5.74) is 0.0305. The molecule has 82 valence electrons. The number of aryl methyl sites for hydroxylation is 2. The molecule has 0 aromatic carbocycles. The van der Waals surface area contributed by atoms with Crippen molar-refractivity contribution >= 4 is 5.69 Å². The lowest BCUT2D eigenvalue weighted by Crippen LogP contribution is -2.07. The van der Waals surface area contributed by atoms with Crippen molar-refractivity contribution < 1.29 is 18.4 Å². The predicted molar refractivity (Wildman–Crippen MR) is 47.0 cm³/mol. The molecule has 0 saturated heterocycles. The molecule has 1 aromatic rings. The molecule has 5 nitrogen and oxygen atoms in total. The molecule has 7 heteroatoms. The van der Waals surface area contributed by atoms with Crippen LogP contribution in [0, 0.1) is 24.0 Å². The largest absolute Gasteiger partial charge is 0.417 e. The average molecular weight is 218 g/mol. The zero-order chi connectivity index (χ0) is 11.6. The van der Waals surface area contributed by atoms with Crippen molar-refractivity contribution in [2.75, 3.05) is 0 Å². The Morgan fingerprint density at radius 1 is 1.53 bits per heavy atom. The van der Waals surface area contributed by atoms with Crippen molar-refractivity contribution in [2.45, 2.75) is 20.5 Å². The van der Waals surface area contributed by atoms with Gasteiger partial charge in [-0.25, -0.2) is 4.98 Å². The van der Waals surface area contributed by atoms with E-state index in [9.17, 15) is 18.9 Å². The van der Waals surface area contributed by atoms with Crippen LogP contribution < -0.4 is 4.74 Å². The van der Waals surface area contributed by atoms with Crippen LogP contribution in [0.15, 0.2) is 6.07 Å². The lowest BCUT2D eigenvalue weighted by Gasteiger charge is -2.07. The van der Waals surface area contributed by atoms with Crippen molar-refractivity contribution in [1.29, 1.82) is 0 Å². The summed E-state index contributed by atoms with van der Waals surface area (Å²) in [7, 11) is 0. The first-order valence-corrected chi connectivity index (χ1v) is 3.99. The molecular weight excluding hydrogens is 210 g/mol. The summed E-state index contributed by atoms with van der Waals surface area (Å²) < 4.78 is 27.9. The van der Waals surface area contributed by atoms with E-state index in [-0.39, 0.29) is 22.8 Å². The molecule has 0 spiro atoms. The number of hydrogen-bond donors (Lipinski definition) is 0. The maximum atomic E-state index is 11.9. The Morgan fingerprint density at radius 2 is 2.13 bits per heavy atom. The molecule has 0 N–H and O–H groups in total. The summed E-state index contributed by atoms with van der Waals surface area (Å²) in [6.45, 7) is -0.218. The predicted octanol–water partition coefficient (Wildman–Crippen LogP) is 2.21. The van der Waals surface area contributed by atoms with Gasteiger partial charge in [-0.3, -0.25) is 10.1 Å². The van der Waals surface area contributed by atoms with Gasteiger partial charge in [0.25, 0.3) is 5.69 Å². The fourth-order valence-corrected chi connectivity index (χ4v) is 1.06. The summed E-state index contributed by atoms with van der Waals surface area (Å²) in [5, 5.41) is 10.5. The number of aromatic nitrogens is 1. The van der Waals surface area contributed by atoms with Gasteiger partial charge < -0.3 is 4.74 Å². The van der Waals surface area contributed by atoms with E-state index in [0.717, 1.165) is 6.07 Å². The lowest BCUT2D eigenvalue weighted by molar-refractivity contribution is -0.385. The number of ether oxygens (including phenoxy) is 1. The van der Waals surface area contributed by atoms with Gasteiger partial charge in [-0.2, -0.15) is 8.78 Å². The first-order valence-electron chi connectivity index (χ1n) is 3.99. The molecule has 0 radical (unpaired) electrons. The van der Waals surface area contributed by atoms with Gasteiger partial charge in [0.1, 0.15) is 5.69 Å². The van der Waals surface area contributed by atoms with Gasteiger partial charge >= 0.3 is 6.61 Å². The topological polar surface area (TPSA) is 65.3 Å². The minimum atomic E-state index is -2.99. The van der Waals surface area contributed by atoms with Gasteiger partial charge in [-0.15, -0.1) is 0 Å². The van der Waals surface area contributed by atoms with E-state index in [1.165, 1.54) is 13.8 Å². The maximum absolute atomic E-state index is 11.9. The van der Waals surface area contributed by atoms with Crippen LogP contribution in [-0.4, -0.2) is 16.5 Å². The zero-order valence-electron chi connectivity index (χ0n) is 8.03. The maximum Gasteiger partial charge on any atom is 0.388 e. The lowest BCUT2D eigenvalue weighted by atomic mass is 10.2. The van der Waals surface area contributed by atoms with E-state index in [4.69, 9.17) is 0 Å². The Labute approximate surface area is 83.8 Å². The molecule has 0 saturated carbocycles. The zero-order valence-corrected chi connectivity index (χ0v) is 8.03. The Balaban J connectivity index is 3.13. The number of hydrogen-bond acceptors (Lipinski definition) is 4. The molecule has 1 heterocycles. The second-order valence-corrected chi connectivity index (χ2v) is 2.85. The summed E-state index contributed by atoms with van der Waals surface area (Å²) in [6, 6.07) is 1.15. The van der Waals surface area contributed by atoms with E-state index in [1.807, 2.05) is 0 Å². The highest BCUT2D eigenvalue weighted by Gasteiger charge is 2.17. The highest BCUT2D eigenvalue weighted by atomic mass is 19.3. The van der Waals surface area contributed by atoms with Crippen LogP contribution in [0.2, 0.25) is 0 Å². The standard InChI is InChI=1S/C8H8F2N2O3/c1-4-3-6(12(13)14)5(2)11-7(4)15-8(9)10/h3,8H,1-2H3. The van der Waals surface area contributed by atoms with Crippen LogP contribution in [0.25, 0.3) is 0 Å². The second kappa shape index (κ2) is 4.16. The number of rotatable bonds is 3. The summed E-state index contributed by atoms with van der Waals surface area (Å²) in [6.07, 6.45) is 0. The van der Waals surface area contributed by atoms with Crippen molar-refractivity contribution in [3.63, 3.8) is 0 Å². The third kappa shape index (κ3) is 2.58. The van der Waals surface area contributed by atoms with Gasteiger partial charge in [0.05, 0.1) is 4.92 Å². The van der Waals surface area contributed by atoms with E-state index < -0.39 is 11.5 Å². The van der Waals surface area contributed by atoms with Crippen molar-refractivity contribution in [1.82, 2.24) is 4.98 Å². The highest BCUT2D eigenvalue weighted by molar-refractivity contribution is 5.42. The first-order chi connectivity index (χ1) is 6.91. The van der Waals surface area contributed by atoms with Crippen LogP contribution >= 0.6 is 0 Å². The van der Waals surface area contributed by atoms with Crippen LogP contribution in [0.1, 0.15) is 11.3 Å². The van der Waals surface area contributed by atoms with Crippen LogP contribution in [-0.2, 0) is 0 Å². The molecule has 0 aliphatic carbocycles. The number of pyridine rings is 1. The fourth-order valence-electron chi connectivity index (χ4n) is 1.06. The van der Waals surface area contributed by atoms with Crippen LogP contribution in [0.5, 0.6) is 5.88 Å². The first kappa shape index (κ1) is 11.3. The molecule has 0 unspecified atom stereocenters. The van der Waals surface area contributed by atoms with E-state index >= 15 is 0 Å². The third-order valence-electron chi connectivity index (χ3n) is 1.73.